The van der Waals surface area contributed by atoms with Crippen LogP contribution < -0.4 is 4.90 Å². The molecule has 7 heteroatoms. The first kappa shape index (κ1) is 20.2. The number of ether oxygens (including phenoxy) is 1. The van der Waals surface area contributed by atoms with Crippen molar-refractivity contribution in [1.29, 1.82) is 0 Å². The lowest BCUT2D eigenvalue weighted by Gasteiger charge is -2.34. The molecule has 0 aromatic carbocycles. The number of hydrogen-bond acceptors (Lipinski definition) is 6. The van der Waals surface area contributed by atoms with E-state index in [1.54, 1.807) is 11.1 Å². The molecule has 0 bridgehead atoms. The number of likely N-dealkylation sites (N-methyl/N-ethyl adjacent to an activating group) is 1. The van der Waals surface area contributed by atoms with Crippen molar-refractivity contribution in [2.45, 2.75) is 33.8 Å². The van der Waals surface area contributed by atoms with Crippen LogP contribution in [0.4, 0.5) is 5.95 Å². The molecule has 0 N–H and O–H groups in total. The van der Waals surface area contributed by atoms with Crippen LogP contribution in [0.2, 0.25) is 0 Å². The first-order chi connectivity index (χ1) is 13.3. The summed E-state index contributed by atoms with van der Waals surface area (Å²) in [6, 6.07) is 5.91. The number of aromatic nitrogens is 3. The summed E-state index contributed by atoms with van der Waals surface area (Å²) in [4.78, 5) is 30.2. The molecule has 0 saturated carbocycles. The summed E-state index contributed by atoms with van der Waals surface area (Å²) in [5, 5.41) is 0. The molecule has 0 radical (unpaired) electrons. The minimum atomic E-state index is -0.493. The summed E-state index contributed by atoms with van der Waals surface area (Å²) in [6.07, 6.45) is 1.27. The number of hydrogen-bond donors (Lipinski definition) is 0. The Hall–Kier alpha value is -2.54. The van der Waals surface area contributed by atoms with E-state index in [2.05, 4.69) is 23.8 Å². The maximum Gasteiger partial charge on any atom is 0.253 e. The second-order valence-corrected chi connectivity index (χ2v) is 7.75. The molecule has 3 rings (SSSR count). The third kappa shape index (κ3) is 4.65. The van der Waals surface area contributed by atoms with Gasteiger partial charge in [0.15, 0.2) is 6.10 Å². The molecule has 1 amide bonds. The van der Waals surface area contributed by atoms with Gasteiger partial charge in [-0.3, -0.25) is 9.78 Å². The largest absolute Gasteiger partial charge is 0.365 e. The van der Waals surface area contributed by atoms with E-state index in [1.807, 2.05) is 44.0 Å². The number of nitrogens with zero attached hydrogens (tertiary/aromatic N) is 5. The molecule has 2 aromatic heterocycles. The van der Waals surface area contributed by atoms with Gasteiger partial charge in [-0.05, 0) is 38.0 Å². The molecule has 7 nitrogen and oxygen atoms in total. The van der Waals surface area contributed by atoms with Crippen LogP contribution in [0, 0.1) is 19.8 Å². The summed E-state index contributed by atoms with van der Waals surface area (Å²) in [5.41, 5.74) is 3.75. The predicted octanol–water partition coefficient (Wildman–Crippen LogP) is 2.48. The van der Waals surface area contributed by atoms with Crippen molar-refractivity contribution < 1.29 is 9.53 Å². The van der Waals surface area contributed by atoms with Crippen LogP contribution in [0.3, 0.4) is 0 Å². The Balaban J connectivity index is 1.77. The van der Waals surface area contributed by atoms with E-state index < -0.39 is 6.10 Å². The highest BCUT2D eigenvalue weighted by Gasteiger charge is 2.30. The lowest BCUT2D eigenvalue weighted by molar-refractivity contribution is -0.143. The van der Waals surface area contributed by atoms with Gasteiger partial charge in [0.1, 0.15) is 0 Å². The summed E-state index contributed by atoms with van der Waals surface area (Å²) in [5.74, 6) is 1.04. The van der Waals surface area contributed by atoms with Gasteiger partial charge in [-0.15, -0.1) is 0 Å². The van der Waals surface area contributed by atoms with Crippen LogP contribution in [0.1, 0.15) is 25.2 Å². The van der Waals surface area contributed by atoms with E-state index in [0.29, 0.717) is 38.1 Å². The number of aryl methyl sites for hydroxylation is 2. The second kappa shape index (κ2) is 8.65. The number of morpholine rings is 1. The van der Waals surface area contributed by atoms with Crippen molar-refractivity contribution in [2.24, 2.45) is 5.92 Å². The average Bonchev–Trinajstić information content (AvgIpc) is 2.67. The molecule has 1 atom stereocenters. The molecular weight excluding hydrogens is 354 g/mol. The normalized spacial score (nSPS) is 17.1. The molecule has 3 heterocycles. The third-order valence-corrected chi connectivity index (χ3v) is 4.78. The van der Waals surface area contributed by atoms with Crippen LogP contribution >= 0.6 is 0 Å². The van der Waals surface area contributed by atoms with E-state index in [9.17, 15) is 4.79 Å². The highest BCUT2D eigenvalue weighted by molar-refractivity contribution is 5.81. The predicted molar refractivity (Wildman–Crippen MR) is 109 cm³/mol. The summed E-state index contributed by atoms with van der Waals surface area (Å²) in [7, 11) is 1.83. The fourth-order valence-electron chi connectivity index (χ4n) is 3.47. The molecule has 150 valence electrons. The van der Waals surface area contributed by atoms with Crippen LogP contribution in [0.25, 0.3) is 11.3 Å². The van der Waals surface area contributed by atoms with Gasteiger partial charge < -0.3 is 14.5 Å². The SMILES string of the molecule is Cc1ccc(-c2ccnc(N3CCOC(C(=O)N(C)CC(C)C)C3)n2)c(C)n1. The Morgan fingerprint density at radius 1 is 1.29 bits per heavy atom. The lowest BCUT2D eigenvalue weighted by atomic mass is 10.1. The Morgan fingerprint density at radius 3 is 2.79 bits per heavy atom. The summed E-state index contributed by atoms with van der Waals surface area (Å²) in [6.45, 7) is 10.5. The number of carbonyl (C=O) groups excluding carboxylic acids is 1. The Kier molecular flexibility index (Phi) is 6.24. The maximum absolute atomic E-state index is 12.7. The van der Waals surface area contributed by atoms with Gasteiger partial charge in [-0.25, -0.2) is 9.97 Å². The summed E-state index contributed by atoms with van der Waals surface area (Å²) >= 11 is 0. The van der Waals surface area contributed by atoms with Crippen molar-refractivity contribution in [2.75, 3.05) is 38.2 Å². The number of carbonyl (C=O) groups is 1. The monoisotopic (exact) mass is 383 g/mol. The molecule has 2 aromatic rings. The van der Waals surface area contributed by atoms with Crippen LogP contribution in [0.5, 0.6) is 0 Å². The number of rotatable bonds is 5. The molecule has 0 spiro atoms. The van der Waals surface area contributed by atoms with Crippen molar-refractivity contribution in [3.05, 3.63) is 35.8 Å². The number of amides is 1. The molecule has 0 aliphatic carbocycles. The quantitative estimate of drug-likeness (QED) is 0.790. The average molecular weight is 383 g/mol. The van der Waals surface area contributed by atoms with E-state index >= 15 is 0 Å². The van der Waals surface area contributed by atoms with Gasteiger partial charge >= 0.3 is 0 Å². The fraction of sp³-hybridized carbons (Fsp3) is 0.524. The Bertz CT molecular complexity index is 839. The molecule has 1 unspecified atom stereocenters. The zero-order valence-electron chi connectivity index (χ0n) is 17.3. The standard InChI is InChI=1S/C21H29N5O2/c1-14(2)12-25(5)20(27)19-13-26(10-11-28-19)21-22-9-8-18(24-21)17-7-6-15(3)23-16(17)4/h6-9,14,19H,10-13H2,1-5H3. The zero-order chi connectivity index (χ0) is 20.3. The highest BCUT2D eigenvalue weighted by Crippen LogP contribution is 2.23. The molecule has 1 aliphatic rings. The van der Waals surface area contributed by atoms with Gasteiger partial charge in [0.25, 0.3) is 5.91 Å². The van der Waals surface area contributed by atoms with Gasteiger partial charge in [0.2, 0.25) is 5.95 Å². The summed E-state index contributed by atoms with van der Waals surface area (Å²) < 4.78 is 5.74. The van der Waals surface area contributed by atoms with E-state index in [4.69, 9.17) is 9.72 Å². The minimum absolute atomic E-state index is 0.00753. The smallest absolute Gasteiger partial charge is 0.253 e. The molecule has 1 fully saturated rings. The maximum atomic E-state index is 12.7. The van der Waals surface area contributed by atoms with Crippen molar-refractivity contribution >= 4 is 11.9 Å². The van der Waals surface area contributed by atoms with E-state index in [1.165, 1.54) is 0 Å². The minimum Gasteiger partial charge on any atom is -0.365 e. The fourth-order valence-corrected chi connectivity index (χ4v) is 3.47. The second-order valence-electron chi connectivity index (χ2n) is 7.75. The molecule has 1 saturated heterocycles. The first-order valence-electron chi connectivity index (χ1n) is 9.74. The topological polar surface area (TPSA) is 71.5 Å². The number of anilines is 1. The number of pyridine rings is 1. The van der Waals surface area contributed by atoms with Gasteiger partial charge in [0, 0.05) is 43.3 Å². The molecule has 28 heavy (non-hydrogen) atoms. The van der Waals surface area contributed by atoms with Crippen molar-refractivity contribution in [3.63, 3.8) is 0 Å². The van der Waals surface area contributed by atoms with E-state index in [0.717, 1.165) is 22.6 Å². The third-order valence-electron chi connectivity index (χ3n) is 4.78. The van der Waals surface area contributed by atoms with Gasteiger partial charge in [-0.2, -0.15) is 0 Å². The Morgan fingerprint density at radius 2 is 2.07 bits per heavy atom. The zero-order valence-corrected chi connectivity index (χ0v) is 17.3. The first-order valence-corrected chi connectivity index (χ1v) is 9.74. The van der Waals surface area contributed by atoms with Crippen LogP contribution in [0.15, 0.2) is 24.4 Å². The van der Waals surface area contributed by atoms with E-state index in [-0.39, 0.29) is 5.91 Å². The van der Waals surface area contributed by atoms with Crippen LogP contribution in [-0.4, -0.2) is 65.2 Å². The van der Waals surface area contributed by atoms with Crippen LogP contribution in [-0.2, 0) is 9.53 Å². The van der Waals surface area contributed by atoms with Gasteiger partial charge in [0.05, 0.1) is 18.8 Å². The molecular formula is C21H29N5O2. The van der Waals surface area contributed by atoms with Crippen molar-refractivity contribution in [1.82, 2.24) is 19.9 Å². The lowest BCUT2D eigenvalue weighted by Crippen LogP contribution is -2.51. The highest BCUT2D eigenvalue weighted by atomic mass is 16.5. The van der Waals surface area contributed by atoms with Gasteiger partial charge in [-0.1, -0.05) is 13.8 Å². The van der Waals surface area contributed by atoms with Crippen molar-refractivity contribution in [3.8, 4) is 11.3 Å². The Labute approximate surface area is 166 Å². The molecule has 1 aliphatic heterocycles.